The lowest BCUT2D eigenvalue weighted by Gasteiger charge is -2.42. The van der Waals surface area contributed by atoms with E-state index < -0.39 is 5.41 Å². The number of piperidine rings is 1. The van der Waals surface area contributed by atoms with Gasteiger partial charge in [-0.2, -0.15) is 0 Å². The van der Waals surface area contributed by atoms with Gasteiger partial charge in [-0.3, -0.25) is 9.59 Å². The van der Waals surface area contributed by atoms with Crippen LogP contribution in [-0.2, 0) is 14.3 Å². The van der Waals surface area contributed by atoms with E-state index in [1.807, 2.05) is 34.6 Å². The van der Waals surface area contributed by atoms with Gasteiger partial charge in [0.25, 0.3) is 0 Å². The van der Waals surface area contributed by atoms with Crippen LogP contribution >= 0.6 is 0 Å². The van der Waals surface area contributed by atoms with Crippen LogP contribution in [-0.4, -0.2) is 29.2 Å². The minimum atomic E-state index is -0.624. The van der Waals surface area contributed by atoms with Gasteiger partial charge >= 0.3 is 5.97 Å². The van der Waals surface area contributed by atoms with Crippen molar-refractivity contribution in [3.05, 3.63) is 40.3 Å². The van der Waals surface area contributed by atoms with Crippen LogP contribution in [0.25, 0.3) is 5.57 Å². The molecule has 1 fully saturated rings. The van der Waals surface area contributed by atoms with E-state index in [4.69, 9.17) is 4.74 Å². The zero-order chi connectivity index (χ0) is 19.9. The third kappa shape index (κ3) is 3.80. The highest BCUT2D eigenvalue weighted by atomic mass is 16.6. The maximum absolute atomic E-state index is 13.2. The van der Waals surface area contributed by atoms with Gasteiger partial charge in [-0.15, -0.1) is 0 Å². The molecule has 0 saturated carbocycles. The van der Waals surface area contributed by atoms with Crippen molar-refractivity contribution in [2.24, 2.45) is 5.41 Å². The van der Waals surface area contributed by atoms with Gasteiger partial charge in [0, 0.05) is 19.0 Å². The molecule has 1 unspecified atom stereocenters. The molecule has 27 heavy (non-hydrogen) atoms. The molecule has 0 spiro atoms. The Morgan fingerprint density at radius 2 is 1.74 bits per heavy atom. The molecule has 2 aliphatic heterocycles. The highest BCUT2D eigenvalue weighted by molar-refractivity contribution is 6.23. The standard InChI is InChI=1S/C23H31NO3/c1-14-11-15(2)19(16(3)12-14)20-18(25)13-17-9-7-8-10-24(17)21(20)27-22(26)23(4,5)6/h11-12,17H,7-10,13H2,1-6H3. The van der Waals surface area contributed by atoms with Crippen molar-refractivity contribution >= 4 is 17.3 Å². The van der Waals surface area contributed by atoms with E-state index in [2.05, 4.69) is 24.0 Å². The highest BCUT2D eigenvalue weighted by Crippen LogP contribution is 2.39. The molecular weight excluding hydrogens is 338 g/mol. The molecule has 146 valence electrons. The first kappa shape index (κ1) is 19.7. The van der Waals surface area contributed by atoms with Crippen LogP contribution < -0.4 is 0 Å². The summed E-state index contributed by atoms with van der Waals surface area (Å²) in [4.78, 5) is 28.1. The van der Waals surface area contributed by atoms with Gasteiger partial charge in [-0.25, -0.2) is 0 Å². The van der Waals surface area contributed by atoms with E-state index in [-0.39, 0.29) is 17.8 Å². The summed E-state index contributed by atoms with van der Waals surface area (Å²) in [5.74, 6) is 0.271. The Morgan fingerprint density at radius 1 is 1.11 bits per heavy atom. The number of ether oxygens (including phenoxy) is 1. The molecule has 1 aromatic rings. The molecule has 4 heteroatoms. The number of nitrogens with zero attached hydrogens (tertiary/aromatic N) is 1. The van der Waals surface area contributed by atoms with E-state index in [0.717, 1.165) is 42.5 Å². The Morgan fingerprint density at radius 3 is 2.33 bits per heavy atom. The summed E-state index contributed by atoms with van der Waals surface area (Å²) >= 11 is 0. The number of hydrogen-bond acceptors (Lipinski definition) is 4. The Hall–Kier alpha value is -2.10. The normalized spacial score (nSPS) is 20.6. The summed E-state index contributed by atoms with van der Waals surface area (Å²) in [7, 11) is 0. The molecule has 2 heterocycles. The monoisotopic (exact) mass is 369 g/mol. The van der Waals surface area contributed by atoms with Gasteiger partial charge in [0.2, 0.25) is 5.88 Å². The molecule has 0 amide bonds. The van der Waals surface area contributed by atoms with Crippen molar-refractivity contribution in [3.63, 3.8) is 0 Å². The van der Waals surface area contributed by atoms with Gasteiger partial charge in [0.1, 0.15) is 0 Å². The zero-order valence-electron chi connectivity index (χ0n) is 17.4. The van der Waals surface area contributed by atoms with Crippen molar-refractivity contribution < 1.29 is 14.3 Å². The fourth-order valence-electron chi connectivity index (χ4n) is 4.23. The Kier molecular flexibility index (Phi) is 5.20. The van der Waals surface area contributed by atoms with Crippen LogP contribution in [0.1, 0.15) is 68.7 Å². The quantitative estimate of drug-likeness (QED) is 0.709. The lowest BCUT2D eigenvalue weighted by atomic mass is 9.84. The molecule has 4 nitrogen and oxygen atoms in total. The van der Waals surface area contributed by atoms with Crippen LogP contribution in [0.4, 0.5) is 0 Å². The number of rotatable bonds is 2. The van der Waals surface area contributed by atoms with Crippen molar-refractivity contribution in [2.45, 2.75) is 73.3 Å². The predicted octanol–water partition coefficient (Wildman–Crippen LogP) is 4.70. The topological polar surface area (TPSA) is 46.6 Å². The SMILES string of the molecule is Cc1cc(C)c(C2=C(OC(=O)C(C)(C)C)N3CCCCC3CC2=O)c(C)c1. The number of ketones is 1. The van der Waals surface area contributed by atoms with E-state index in [1.54, 1.807) is 0 Å². The maximum Gasteiger partial charge on any atom is 0.317 e. The second-order valence-electron chi connectivity index (χ2n) is 9.06. The smallest absolute Gasteiger partial charge is 0.317 e. The summed E-state index contributed by atoms with van der Waals surface area (Å²) in [6, 6.07) is 4.33. The second kappa shape index (κ2) is 7.14. The van der Waals surface area contributed by atoms with Gasteiger partial charge in [0.05, 0.1) is 11.0 Å². The number of hydrogen-bond donors (Lipinski definition) is 0. The fraction of sp³-hybridized carbons (Fsp3) is 0.565. The fourth-order valence-corrected chi connectivity index (χ4v) is 4.23. The molecule has 2 aliphatic rings. The first-order valence-corrected chi connectivity index (χ1v) is 9.94. The Bertz CT molecular complexity index is 790. The van der Waals surface area contributed by atoms with E-state index in [0.29, 0.717) is 17.9 Å². The van der Waals surface area contributed by atoms with Crippen molar-refractivity contribution in [2.75, 3.05) is 6.54 Å². The number of carbonyl (C=O) groups is 2. The summed E-state index contributed by atoms with van der Waals surface area (Å²) in [5.41, 5.74) is 4.15. The molecule has 0 aliphatic carbocycles. The summed E-state index contributed by atoms with van der Waals surface area (Å²) in [6.45, 7) is 12.5. The average Bonchev–Trinajstić information content (AvgIpc) is 2.55. The summed E-state index contributed by atoms with van der Waals surface area (Å²) in [6.07, 6.45) is 3.65. The molecule has 0 aromatic heterocycles. The maximum atomic E-state index is 13.2. The largest absolute Gasteiger partial charge is 0.408 e. The number of aryl methyl sites for hydroxylation is 3. The number of esters is 1. The van der Waals surface area contributed by atoms with E-state index in [9.17, 15) is 9.59 Å². The van der Waals surface area contributed by atoms with Gasteiger partial charge in [-0.05, 0) is 77.5 Å². The van der Waals surface area contributed by atoms with E-state index >= 15 is 0 Å². The minimum Gasteiger partial charge on any atom is -0.408 e. The van der Waals surface area contributed by atoms with E-state index in [1.165, 1.54) is 5.56 Å². The van der Waals surface area contributed by atoms with Crippen LogP contribution in [0, 0.1) is 26.2 Å². The van der Waals surface area contributed by atoms with Crippen LogP contribution in [0.5, 0.6) is 0 Å². The summed E-state index contributed by atoms with van der Waals surface area (Å²) in [5, 5.41) is 0. The molecule has 1 atom stereocenters. The zero-order valence-corrected chi connectivity index (χ0v) is 17.4. The van der Waals surface area contributed by atoms with Gasteiger partial charge in [-0.1, -0.05) is 17.7 Å². The first-order valence-electron chi connectivity index (χ1n) is 9.94. The van der Waals surface area contributed by atoms with Crippen molar-refractivity contribution in [1.29, 1.82) is 0 Å². The number of allylic oxidation sites excluding steroid dienone is 1. The molecule has 0 N–H and O–H groups in total. The minimum absolute atomic E-state index is 0.0879. The third-order valence-corrected chi connectivity index (χ3v) is 5.53. The van der Waals surface area contributed by atoms with Crippen molar-refractivity contribution in [1.82, 2.24) is 4.90 Å². The Labute approximate surface area is 162 Å². The number of benzene rings is 1. The molecule has 0 bridgehead atoms. The lowest BCUT2D eigenvalue weighted by molar-refractivity contribution is -0.152. The van der Waals surface area contributed by atoms with Gasteiger partial charge < -0.3 is 9.64 Å². The molecule has 0 radical (unpaired) electrons. The van der Waals surface area contributed by atoms with Crippen LogP contribution in [0.2, 0.25) is 0 Å². The predicted molar refractivity (Wildman–Crippen MR) is 107 cm³/mol. The molecule has 1 saturated heterocycles. The molecule has 3 rings (SSSR count). The first-order chi connectivity index (χ1) is 12.6. The number of Topliss-reactive ketones (excluding diaryl/α,β-unsaturated/α-hetero) is 1. The van der Waals surface area contributed by atoms with Gasteiger partial charge in [0.15, 0.2) is 5.78 Å². The molecular formula is C23H31NO3. The number of carbonyl (C=O) groups excluding carboxylic acids is 2. The second-order valence-corrected chi connectivity index (χ2v) is 9.06. The number of fused-ring (bicyclic) bond motifs is 1. The van der Waals surface area contributed by atoms with Crippen LogP contribution in [0.3, 0.4) is 0 Å². The Balaban J connectivity index is 2.19. The van der Waals surface area contributed by atoms with Crippen molar-refractivity contribution in [3.8, 4) is 0 Å². The highest BCUT2D eigenvalue weighted by Gasteiger charge is 2.40. The lowest BCUT2D eigenvalue weighted by Crippen LogP contribution is -2.46. The average molecular weight is 370 g/mol. The molecule has 1 aromatic carbocycles. The summed E-state index contributed by atoms with van der Waals surface area (Å²) < 4.78 is 5.95. The third-order valence-electron chi connectivity index (χ3n) is 5.53. The van der Waals surface area contributed by atoms with Crippen LogP contribution in [0.15, 0.2) is 18.0 Å².